The molecule has 0 fully saturated rings. The smallest absolute Gasteiger partial charge is 0.0424 e. The van der Waals surface area contributed by atoms with Crippen LogP contribution in [0.1, 0.15) is 64.1 Å². The van der Waals surface area contributed by atoms with Crippen molar-refractivity contribution in [2.24, 2.45) is 5.73 Å². The van der Waals surface area contributed by atoms with Gasteiger partial charge in [-0.3, -0.25) is 4.90 Å². The minimum Gasteiger partial charge on any atom is -0.323 e. The molecule has 1 rings (SSSR count). The summed E-state index contributed by atoms with van der Waals surface area (Å²) in [4.78, 5) is 2.54. The van der Waals surface area contributed by atoms with Crippen LogP contribution in [0, 0.1) is 0 Å². The summed E-state index contributed by atoms with van der Waals surface area (Å²) < 4.78 is 0. The van der Waals surface area contributed by atoms with Gasteiger partial charge in [0.05, 0.1) is 0 Å². The quantitative estimate of drug-likeness (QED) is 0.734. The second-order valence-corrected chi connectivity index (χ2v) is 5.81. The van der Waals surface area contributed by atoms with Gasteiger partial charge in [-0.2, -0.15) is 0 Å². The van der Waals surface area contributed by atoms with Crippen LogP contribution < -0.4 is 5.73 Å². The third-order valence-corrected chi connectivity index (χ3v) is 4.26. The second-order valence-electron chi connectivity index (χ2n) is 5.81. The average Bonchev–Trinajstić information content (AvgIpc) is 2.50. The molecule has 0 radical (unpaired) electrons. The van der Waals surface area contributed by atoms with E-state index in [0.717, 1.165) is 19.5 Å². The molecule has 0 aliphatic carbocycles. The van der Waals surface area contributed by atoms with Gasteiger partial charge in [0, 0.05) is 18.6 Å². The molecule has 2 atom stereocenters. The molecule has 0 aliphatic heterocycles. The van der Waals surface area contributed by atoms with Gasteiger partial charge in [-0.25, -0.2) is 0 Å². The van der Waals surface area contributed by atoms with Crippen molar-refractivity contribution in [2.45, 2.75) is 65.5 Å². The Morgan fingerprint density at radius 2 is 1.75 bits per heavy atom. The standard InChI is InChI=1S/C18H32N2/c1-5-8-13-20(15(4)6-2)14-18(19)17-11-9-16(7-3)10-12-17/h9-12,15,18H,5-8,13-14,19H2,1-4H3. The number of nitrogens with two attached hydrogens (primary N) is 1. The lowest BCUT2D eigenvalue weighted by molar-refractivity contribution is 0.189. The van der Waals surface area contributed by atoms with E-state index < -0.39 is 0 Å². The number of aryl methyl sites for hydroxylation is 1. The van der Waals surface area contributed by atoms with Crippen LogP contribution in [-0.4, -0.2) is 24.0 Å². The van der Waals surface area contributed by atoms with Gasteiger partial charge in [-0.05, 0) is 43.9 Å². The summed E-state index contributed by atoms with van der Waals surface area (Å²) in [6, 6.07) is 9.52. The normalized spacial score (nSPS) is 14.5. The van der Waals surface area contributed by atoms with E-state index in [2.05, 4.69) is 56.9 Å². The van der Waals surface area contributed by atoms with E-state index in [1.165, 1.54) is 30.4 Å². The van der Waals surface area contributed by atoms with Crippen molar-refractivity contribution in [1.82, 2.24) is 4.90 Å². The summed E-state index contributed by atoms with van der Waals surface area (Å²) in [7, 11) is 0. The van der Waals surface area contributed by atoms with Gasteiger partial charge in [0.15, 0.2) is 0 Å². The van der Waals surface area contributed by atoms with E-state index in [1.807, 2.05) is 0 Å². The van der Waals surface area contributed by atoms with Crippen LogP contribution in [0.15, 0.2) is 24.3 Å². The van der Waals surface area contributed by atoms with E-state index in [4.69, 9.17) is 5.73 Å². The summed E-state index contributed by atoms with van der Waals surface area (Å²) >= 11 is 0. The fraction of sp³-hybridized carbons (Fsp3) is 0.667. The monoisotopic (exact) mass is 276 g/mol. The maximum Gasteiger partial charge on any atom is 0.0424 e. The van der Waals surface area contributed by atoms with Crippen LogP contribution in [-0.2, 0) is 6.42 Å². The number of unbranched alkanes of at least 4 members (excludes halogenated alkanes) is 1. The van der Waals surface area contributed by atoms with Crippen molar-refractivity contribution < 1.29 is 0 Å². The SMILES string of the molecule is CCCCN(CC(N)c1ccc(CC)cc1)C(C)CC. The largest absolute Gasteiger partial charge is 0.323 e. The van der Waals surface area contributed by atoms with Crippen LogP contribution >= 0.6 is 0 Å². The molecule has 0 amide bonds. The van der Waals surface area contributed by atoms with Crippen molar-refractivity contribution in [1.29, 1.82) is 0 Å². The topological polar surface area (TPSA) is 29.3 Å². The summed E-state index contributed by atoms with van der Waals surface area (Å²) in [5.41, 5.74) is 9.05. The maximum atomic E-state index is 6.41. The minimum atomic E-state index is 0.117. The highest BCUT2D eigenvalue weighted by molar-refractivity contribution is 5.25. The Bertz CT molecular complexity index is 358. The van der Waals surface area contributed by atoms with Gasteiger partial charge >= 0.3 is 0 Å². The number of rotatable bonds is 9. The third kappa shape index (κ3) is 5.26. The molecule has 2 unspecified atom stereocenters. The van der Waals surface area contributed by atoms with Crippen LogP contribution in [0.3, 0.4) is 0 Å². The molecule has 0 spiro atoms. The Hall–Kier alpha value is -0.860. The Morgan fingerprint density at radius 1 is 1.10 bits per heavy atom. The lowest BCUT2D eigenvalue weighted by Gasteiger charge is -2.31. The average molecular weight is 276 g/mol. The van der Waals surface area contributed by atoms with E-state index >= 15 is 0 Å². The second kappa shape index (κ2) is 9.15. The molecule has 0 saturated heterocycles. The van der Waals surface area contributed by atoms with Gasteiger partial charge in [-0.1, -0.05) is 51.5 Å². The molecule has 1 aromatic rings. The molecule has 0 heterocycles. The molecule has 114 valence electrons. The van der Waals surface area contributed by atoms with E-state index in [0.29, 0.717) is 6.04 Å². The molecule has 2 heteroatoms. The molecule has 0 bridgehead atoms. The zero-order valence-corrected chi connectivity index (χ0v) is 13.7. The van der Waals surface area contributed by atoms with E-state index in [9.17, 15) is 0 Å². The highest BCUT2D eigenvalue weighted by Gasteiger charge is 2.16. The summed E-state index contributed by atoms with van der Waals surface area (Å²) in [6.45, 7) is 11.1. The van der Waals surface area contributed by atoms with Crippen LogP contribution in [0.4, 0.5) is 0 Å². The van der Waals surface area contributed by atoms with Gasteiger partial charge in [0.25, 0.3) is 0 Å². The first-order chi connectivity index (χ1) is 9.62. The van der Waals surface area contributed by atoms with Crippen LogP contribution in [0.2, 0.25) is 0 Å². The fourth-order valence-electron chi connectivity index (χ4n) is 2.47. The third-order valence-electron chi connectivity index (χ3n) is 4.26. The van der Waals surface area contributed by atoms with Gasteiger partial charge in [-0.15, -0.1) is 0 Å². The first-order valence-corrected chi connectivity index (χ1v) is 8.20. The summed E-state index contributed by atoms with van der Waals surface area (Å²) in [5.74, 6) is 0. The molecule has 20 heavy (non-hydrogen) atoms. The Balaban J connectivity index is 2.65. The first-order valence-electron chi connectivity index (χ1n) is 8.20. The zero-order valence-electron chi connectivity index (χ0n) is 13.7. The Labute approximate surface area is 125 Å². The van der Waals surface area contributed by atoms with Crippen molar-refractivity contribution in [3.05, 3.63) is 35.4 Å². The van der Waals surface area contributed by atoms with Crippen molar-refractivity contribution in [2.75, 3.05) is 13.1 Å². The maximum absolute atomic E-state index is 6.41. The molecule has 2 N–H and O–H groups in total. The highest BCUT2D eigenvalue weighted by Crippen LogP contribution is 2.16. The zero-order chi connectivity index (χ0) is 15.0. The number of benzene rings is 1. The first kappa shape index (κ1) is 17.2. The Morgan fingerprint density at radius 3 is 2.25 bits per heavy atom. The van der Waals surface area contributed by atoms with Crippen LogP contribution in [0.25, 0.3) is 0 Å². The molecule has 0 saturated carbocycles. The molecule has 0 aromatic heterocycles. The van der Waals surface area contributed by atoms with Gasteiger partial charge < -0.3 is 5.73 Å². The number of nitrogens with zero attached hydrogens (tertiary/aromatic N) is 1. The lowest BCUT2D eigenvalue weighted by atomic mass is 10.0. The van der Waals surface area contributed by atoms with Gasteiger partial charge in [0.2, 0.25) is 0 Å². The van der Waals surface area contributed by atoms with E-state index in [-0.39, 0.29) is 6.04 Å². The molecule has 0 aliphatic rings. The molecule has 2 nitrogen and oxygen atoms in total. The lowest BCUT2D eigenvalue weighted by Crippen LogP contribution is -2.39. The van der Waals surface area contributed by atoms with Crippen molar-refractivity contribution in [3.8, 4) is 0 Å². The number of hydrogen-bond donors (Lipinski definition) is 1. The van der Waals surface area contributed by atoms with Gasteiger partial charge in [0.1, 0.15) is 0 Å². The molecular weight excluding hydrogens is 244 g/mol. The van der Waals surface area contributed by atoms with Crippen molar-refractivity contribution >= 4 is 0 Å². The van der Waals surface area contributed by atoms with Crippen LogP contribution in [0.5, 0.6) is 0 Å². The minimum absolute atomic E-state index is 0.117. The summed E-state index contributed by atoms with van der Waals surface area (Å²) in [5, 5.41) is 0. The predicted molar refractivity (Wildman–Crippen MR) is 89.0 cm³/mol. The molecule has 1 aromatic carbocycles. The van der Waals surface area contributed by atoms with E-state index in [1.54, 1.807) is 0 Å². The van der Waals surface area contributed by atoms with Crippen molar-refractivity contribution in [3.63, 3.8) is 0 Å². The highest BCUT2D eigenvalue weighted by atomic mass is 15.2. The predicted octanol–water partition coefficient (Wildman–Crippen LogP) is 4.15. The fourth-order valence-corrected chi connectivity index (χ4v) is 2.47. The Kier molecular flexibility index (Phi) is 7.86. The number of hydrogen-bond acceptors (Lipinski definition) is 2. The summed E-state index contributed by atoms with van der Waals surface area (Å²) in [6.07, 6.45) is 4.77. The molecular formula is C18H32N2.